The molecule has 8 nitrogen and oxygen atoms in total. The summed E-state index contributed by atoms with van der Waals surface area (Å²) in [5.74, 6) is -0.562. The third-order valence-corrected chi connectivity index (χ3v) is 4.02. The number of thiazole rings is 1. The summed E-state index contributed by atoms with van der Waals surface area (Å²) in [6, 6.07) is 0. The normalized spacial score (nSPS) is 10.4. The van der Waals surface area contributed by atoms with Crippen LogP contribution in [0.1, 0.15) is 5.69 Å². The summed E-state index contributed by atoms with van der Waals surface area (Å²) in [4.78, 5) is 36.7. The zero-order chi connectivity index (χ0) is 15.4. The molecule has 2 N–H and O–H groups in total. The van der Waals surface area contributed by atoms with E-state index in [9.17, 15) is 14.4 Å². The maximum atomic E-state index is 12.0. The lowest BCUT2D eigenvalue weighted by molar-refractivity contribution is -0.141. The third-order valence-electron chi connectivity index (χ3n) is 2.53. The minimum Gasteiger partial charge on any atom is -0.468 e. The van der Waals surface area contributed by atoms with Gasteiger partial charge in [0.2, 0.25) is 0 Å². The van der Waals surface area contributed by atoms with Gasteiger partial charge in [0.1, 0.15) is 11.0 Å². The van der Waals surface area contributed by atoms with Gasteiger partial charge >= 0.3 is 10.8 Å². The molecule has 0 saturated carbocycles. The summed E-state index contributed by atoms with van der Waals surface area (Å²) < 4.78 is 5.73. The minimum atomic E-state index is -0.562. The number of methoxy groups -OCH3 is 1. The molecule has 0 aromatic carbocycles. The third kappa shape index (κ3) is 3.79. The fourth-order valence-electron chi connectivity index (χ4n) is 1.48. The van der Waals surface area contributed by atoms with Crippen LogP contribution in [0.3, 0.4) is 0 Å². The van der Waals surface area contributed by atoms with Crippen molar-refractivity contribution in [3.63, 3.8) is 0 Å². The maximum Gasteiger partial charge on any atom is 0.327 e. The van der Waals surface area contributed by atoms with Gasteiger partial charge < -0.3 is 15.0 Å². The lowest BCUT2D eigenvalue weighted by atomic mass is 10.4. The molecule has 0 atom stereocenters. The van der Waals surface area contributed by atoms with Crippen molar-refractivity contribution in [2.45, 2.75) is 13.1 Å². The van der Waals surface area contributed by atoms with Crippen molar-refractivity contribution < 1.29 is 9.53 Å². The molecule has 0 amide bonds. The monoisotopic (exact) mass is 374 g/mol. The van der Waals surface area contributed by atoms with Gasteiger partial charge in [-0.25, -0.2) is 4.68 Å². The number of anilines is 1. The first-order valence-electron chi connectivity index (χ1n) is 5.74. The SMILES string of the molecule is COC(=O)Cn1ncc(NCc2csc(=O)[nH]2)c(Br)c1=O. The molecule has 0 fully saturated rings. The second kappa shape index (κ2) is 6.68. The summed E-state index contributed by atoms with van der Waals surface area (Å²) in [6.07, 6.45) is 1.42. The summed E-state index contributed by atoms with van der Waals surface area (Å²) in [6.45, 7) is 0.0888. The van der Waals surface area contributed by atoms with Crippen LogP contribution >= 0.6 is 27.3 Å². The van der Waals surface area contributed by atoms with Crippen molar-refractivity contribution >= 4 is 38.9 Å². The smallest absolute Gasteiger partial charge is 0.327 e. The zero-order valence-corrected chi connectivity index (χ0v) is 13.3. The molecule has 2 rings (SSSR count). The van der Waals surface area contributed by atoms with Gasteiger partial charge in [0.15, 0.2) is 0 Å². The molecule has 112 valence electrons. The number of rotatable bonds is 5. The molecule has 21 heavy (non-hydrogen) atoms. The molecule has 0 radical (unpaired) electrons. The summed E-state index contributed by atoms with van der Waals surface area (Å²) in [5, 5.41) is 8.55. The maximum absolute atomic E-state index is 12.0. The van der Waals surface area contributed by atoms with Gasteiger partial charge in [-0.3, -0.25) is 14.4 Å². The molecule has 0 aliphatic heterocycles. The highest BCUT2D eigenvalue weighted by molar-refractivity contribution is 9.10. The lowest BCUT2D eigenvalue weighted by Gasteiger charge is -2.09. The van der Waals surface area contributed by atoms with Crippen molar-refractivity contribution in [2.75, 3.05) is 12.4 Å². The second-order valence-electron chi connectivity index (χ2n) is 3.94. The van der Waals surface area contributed by atoms with Gasteiger partial charge in [-0.2, -0.15) is 5.10 Å². The second-order valence-corrected chi connectivity index (χ2v) is 5.57. The lowest BCUT2D eigenvalue weighted by Crippen LogP contribution is -2.28. The van der Waals surface area contributed by atoms with E-state index in [0.29, 0.717) is 17.9 Å². The first-order chi connectivity index (χ1) is 10.0. The molecule has 0 bridgehead atoms. The number of esters is 1. The number of ether oxygens (including phenoxy) is 1. The van der Waals surface area contributed by atoms with Crippen LogP contribution in [0.5, 0.6) is 0 Å². The fourth-order valence-corrected chi connectivity index (χ4v) is 2.51. The van der Waals surface area contributed by atoms with Crippen LogP contribution in [0, 0.1) is 0 Å². The number of aromatic nitrogens is 3. The number of hydrogen-bond donors (Lipinski definition) is 2. The minimum absolute atomic E-state index is 0.141. The van der Waals surface area contributed by atoms with Crippen LogP contribution in [-0.2, 0) is 22.6 Å². The van der Waals surface area contributed by atoms with Crippen molar-refractivity contribution in [3.05, 3.63) is 41.8 Å². The van der Waals surface area contributed by atoms with Crippen molar-refractivity contribution in [1.29, 1.82) is 0 Å². The van der Waals surface area contributed by atoms with Gasteiger partial charge in [0.25, 0.3) is 5.56 Å². The van der Waals surface area contributed by atoms with Gasteiger partial charge in [-0.1, -0.05) is 11.3 Å². The van der Waals surface area contributed by atoms with E-state index in [1.807, 2.05) is 0 Å². The van der Waals surface area contributed by atoms with E-state index in [2.05, 4.69) is 36.1 Å². The first-order valence-corrected chi connectivity index (χ1v) is 7.41. The van der Waals surface area contributed by atoms with E-state index in [0.717, 1.165) is 16.0 Å². The molecular formula is C11H11BrN4O4S. The largest absolute Gasteiger partial charge is 0.468 e. The predicted octanol–water partition coefficient (Wildman–Crippen LogP) is 0.541. The Labute approximate surface area is 130 Å². The van der Waals surface area contributed by atoms with Crippen LogP contribution in [-0.4, -0.2) is 27.8 Å². The van der Waals surface area contributed by atoms with Gasteiger partial charge in [-0.05, 0) is 15.9 Å². The number of halogens is 1. The zero-order valence-electron chi connectivity index (χ0n) is 10.9. The van der Waals surface area contributed by atoms with Crippen LogP contribution in [0.2, 0.25) is 0 Å². The number of aromatic amines is 1. The Morgan fingerprint density at radius 1 is 1.57 bits per heavy atom. The molecule has 2 aromatic rings. The average Bonchev–Trinajstić information content (AvgIpc) is 2.88. The average molecular weight is 375 g/mol. The molecule has 0 aliphatic rings. The molecular weight excluding hydrogens is 364 g/mol. The Morgan fingerprint density at radius 2 is 2.33 bits per heavy atom. The molecule has 10 heteroatoms. The first kappa shape index (κ1) is 15.4. The highest BCUT2D eigenvalue weighted by Gasteiger charge is 2.11. The molecule has 0 saturated heterocycles. The standard InChI is InChI=1S/C11H11BrN4O4S/c1-20-8(17)4-16-10(18)9(12)7(3-14-16)13-2-6-5-21-11(19)15-6/h3,5,13H,2,4H2,1H3,(H,15,19). The van der Waals surface area contributed by atoms with Gasteiger partial charge in [-0.15, -0.1) is 0 Å². The van der Waals surface area contributed by atoms with E-state index in [4.69, 9.17) is 0 Å². The molecule has 0 aliphatic carbocycles. The number of H-pyrrole nitrogens is 1. The number of nitrogens with one attached hydrogen (secondary N) is 2. The molecule has 2 aromatic heterocycles. The summed E-state index contributed by atoms with van der Waals surface area (Å²) in [5.41, 5.74) is 0.716. The Kier molecular flexibility index (Phi) is 4.91. The predicted molar refractivity (Wildman–Crippen MR) is 80.5 cm³/mol. The molecule has 0 spiro atoms. The van der Waals surface area contributed by atoms with Crippen LogP contribution in [0.4, 0.5) is 5.69 Å². The number of carbonyl (C=O) groups excluding carboxylic acids is 1. The van der Waals surface area contributed by atoms with E-state index in [1.54, 1.807) is 5.38 Å². The van der Waals surface area contributed by atoms with Crippen molar-refractivity contribution in [2.24, 2.45) is 0 Å². The van der Waals surface area contributed by atoms with E-state index in [1.165, 1.54) is 13.3 Å². The Balaban J connectivity index is 2.14. The van der Waals surface area contributed by atoms with E-state index in [-0.39, 0.29) is 15.9 Å². The van der Waals surface area contributed by atoms with Crippen LogP contribution < -0.4 is 15.7 Å². The quantitative estimate of drug-likeness (QED) is 0.739. The van der Waals surface area contributed by atoms with Crippen LogP contribution in [0.25, 0.3) is 0 Å². The highest BCUT2D eigenvalue weighted by atomic mass is 79.9. The van der Waals surface area contributed by atoms with Crippen molar-refractivity contribution in [3.8, 4) is 0 Å². The van der Waals surface area contributed by atoms with Gasteiger partial charge in [0, 0.05) is 11.1 Å². The van der Waals surface area contributed by atoms with E-state index < -0.39 is 11.5 Å². The number of carbonyl (C=O) groups is 1. The van der Waals surface area contributed by atoms with Crippen molar-refractivity contribution in [1.82, 2.24) is 14.8 Å². The Morgan fingerprint density at radius 3 is 2.95 bits per heavy atom. The Bertz CT molecular complexity index is 766. The topological polar surface area (TPSA) is 106 Å². The van der Waals surface area contributed by atoms with E-state index >= 15 is 0 Å². The van der Waals surface area contributed by atoms with Gasteiger partial charge in [0.05, 0.1) is 25.5 Å². The molecule has 0 unspecified atom stereocenters. The summed E-state index contributed by atoms with van der Waals surface area (Å²) >= 11 is 4.23. The number of nitrogens with zero attached hydrogens (tertiary/aromatic N) is 2. The fraction of sp³-hybridized carbons (Fsp3) is 0.273. The van der Waals surface area contributed by atoms with Crippen LogP contribution in [0.15, 0.2) is 25.6 Å². The Hall–Kier alpha value is -1.94. The molecule has 2 heterocycles. The number of hydrogen-bond acceptors (Lipinski definition) is 7. The summed E-state index contributed by atoms with van der Waals surface area (Å²) in [7, 11) is 1.24. The highest BCUT2D eigenvalue weighted by Crippen LogP contribution is 2.16.